The molecule has 0 aliphatic carbocycles. The Labute approximate surface area is 184 Å². The number of benzene rings is 2. The van der Waals surface area contributed by atoms with Gasteiger partial charge in [0, 0.05) is 63.8 Å². The molecular formula is C25H32N4O2. The highest BCUT2D eigenvalue weighted by atomic mass is 16.4. The van der Waals surface area contributed by atoms with Gasteiger partial charge in [-0.2, -0.15) is 5.26 Å². The van der Waals surface area contributed by atoms with E-state index >= 15 is 0 Å². The summed E-state index contributed by atoms with van der Waals surface area (Å²) in [4.78, 5) is 14.7. The number of hydrogen-bond acceptors (Lipinski definition) is 5. The number of hydrogen-bond donors (Lipinski definition) is 2. The maximum absolute atomic E-state index is 10.7. The van der Waals surface area contributed by atoms with Gasteiger partial charge in [-0.25, -0.2) is 0 Å². The number of carboxylic acid groups (broad SMARTS) is 1. The van der Waals surface area contributed by atoms with Gasteiger partial charge in [0.25, 0.3) is 0 Å². The van der Waals surface area contributed by atoms with Crippen molar-refractivity contribution >= 4 is 35.2 Å². The zero-order chi connectivity index (χ0) is 23.0. The van der Waals surface area contributed by atoms with Gasteiger partial charge in [-0.15, -0.1) is 0 Å². The Hall–Kier alpha value is -3.46. The van der Waals surface area contributed by atoms with Gasteiger partial charge in [0.2, 0.25) is 0 Å². The quantitative estimate of drug-likeness (QED) is 0.575. The molecule has 0 heterocycles. The van der Waals surface area contributed by atoms with Crippen LogP contribution in [0.1, 0.15) is 31.2 Å². The summed E-state index contributed by atoms with van der Waals surface area (Å²) in [6.45, 7) is 4.88. The van der Waals surface area contributed by atoms with Gasteiger partial charge in [0.15, 0.2) is 0 Å². The van der Waals surface area contributed by atoms with E-state index in [2.05, 4.69) is 18.0 Å². The lowest BCUT2D eigenvalue weighted by atomic mass is 10.00. The predicted octanol–water partition coefficient (Wildman–Crippen LogP) is 3.01. The lowest BCUT2D eigenvalue weighted by molar-refractivity contribution is -0.137. The molecule has 0 atom stereocenters. The molecule has 0 amide bonds. The molecule has 0 radical (unpaired) electrons. The second-order valence-corrected chi connectivity index (χ2v) is 7.98. The molecule has 0 aliphatic heterocycles. The molecule has 6 nitrogen and oxygen atoms in total. The first-order valence-electron chi connectivity index (χ1n) is 10.4. The fourth-order valence-corrected chi connectivity index (χ4v) is 3.34. The number of aliphatic carboxylic acids is 1. The molecule has 0 bridgehead atoms. The van der Waals surface area contributed by atoms with Crippen LogP contribution in [-0.2, 0) is 4.79 Å². The van der Waals surface area contributed by atoms with Crippen LogP contribution in [0.25, 0.3) is 12.2 Å². The molecule has 6 heteroatoms. The summed E-state index contributed by atoms with van der Waals surface area (Å²) in [6, 6.07) is 14.3. The fraction of sp³-hybridized carbons (Fsp3) is 0.360. The fourth-order valence-electron chi connectivity index (χ4n) is 3.34. The van der Waals surface area contributed by atoms with Crippen LogP contribution in [0.2, 0.25) is 0 Å². The van der Waals surface area contributed by atoms with Crippen molar-refractivity contribution in [2.75, 3.05) is 49.9 Å². The molecule has 31 heavy (non-hydrogen) atoms. The van der Waals surface area contributed by atoms with E-state index in [1.54, 1.807) is 0 Å². The molecule has 2 aromatic carbocycles. The summed E-state index contributed by atoms with van der Waals surface area (Å²) in [7, 11) is 7.91. The van der Waals surface area contributed by atoms with Gasteiger partial charge < -0.3 is 20.2 Å². The van der Waals surface area contributed by atoms with Gasteiger partial charge in [-0.1, -0.05) is 19.1 Å². The molecule has 0 aliphatic rings. The smallest absolute Gasteiger partial charge is 0.303 e. The van der Waals surface area contributed by atoms with Crippen LogP contribution < -0.4 is 25.6 Å². The highest BCUT2D eigenvalue weighted by Crippen LogP contribution is 2.27. The van der Waals surface area contributed by atoms with E-state index in [0.29, 0.717) is 18.5 Å². The van der Waals surface area contributed by atoms with Gasteiger partial charge in [0.05, 0.1) is 5.57 Å². The Morgan fingerprint density at radius 2 is 1.68 bits per heavy atom. The van der Waals surface area contributed by atoms with Crippen LogP contribution in [-0.4, -0.2) is 45.8 Å². The Kier molecular flexibility index (Phi) is 8.51. The van der Waals surface area contributed by atoms with Crippen LogP contribution in [0.3, 0.4) is 0 Å². The van der Waals surface area contributed by atoms with Crippen molar-refractivity contribution in [3.05, 3.63) is 52.4 Å². The summed E-state index contributed by atoms with van der Waals surface area (Å²) in [5.41, 5.74) is 4.37. The van der Waals surface area contributed by atoms with Crippen LogP contribution >= 0.6 is 0 Å². The first-order valence-corrected chi connectivity index (χ1v) is 10.4. The van der Waals surface area contributed by atoms with Crippen LogP contribution in [0.15, 0.2) is 36.4 Å². The maximum atomic E-state index is 10.7. The number of rotatable bonds is 10. The highest BCUT2D eigenvalue weighted by molar-refractivity contribution is 5.85. The van der Waals surface area contributed by atoms with Gasteiger partial charge >= 0.3 is 5.97 Å². The van der Waals surface area contributed by atoms with E-state index in [0.717, 1.165) is 45.9 Å². The van der Waals surface area contributed by atoms with Crippen molar-refractivity contribution < 1.29 is 9.90 Å². The van der Waals surface area contributed by atoms with E-state index in [-0.39, 0.29) is 6.42 Å². The molecule has 0 aromatic heterocycles. The third kappa shape index (κ3) is 6.51. The SMILES string of the molecule is C=c1cc(N(C)C)cc/c1=C(\C#N)c1ccc(N(C)C)cc1NCCCCCC(=O)O. The minimum absolute atomic E-state index is 0.197. The molecule has 0 unspecified atom stereocenters. The lowest BCUT2D eigenvalue weighted by Crippen LogP contribution is -2.27. The summed E-state index contributed by atoms with van der Waals surface area (Å²) in [6.07, 6.45) is 2.56. The van der Waals surface area contributed by atoms with E-state index < -0.39 is 5.97 Å². The Morgan fingerprint density at radius 3 is 2.26 bits per heavy atom. The topological polar surface area (TPSA) is 79.6 Å². The number of carbonyl (C=O) groups is 1. The van der Waals surface area contributed by atoms with Crippen molar-refractivity contribution in [3.63, 3.8) is 0 Å². The van der Waals surface area contributed by atoms with E-state index in [4.69, 9.17) is 5.11 Å². The van der Waals surface area contributed by atoms with Crippen LogP contribution in [0.4, 0.5) is 17.1 Å². The number of nitrogens with one attached hydrogen (secondary N) is 1. The van der Waals surface area contributed by atoms with Crippen molar-refractivity contribution in [2.24, 2.45) is 0 Å². The predicted molar refractivity (Wildman–Crippen MR) is 129 cm³/mol. The average Bonchev–Trinajstić information content (AvgIpc) is 2.72. The highest BCUT2D eigenvalue weighted by Gasteiger charge is 2.11. The minimum atomic E-state index is -0.758. The van der Waals surface area contributed by atoms with Crippen molar-refractivity contribution in [1.82, 2.24) is 0 Å². The monoisotopic (exact) mass is 420 g/mol. The first kappa shape index (κ1) is 23.8. The second kappa shape index (κ2) is 11.1. The molecule has 164 valence electrons. The van der Waals surface area contributed by atoms with Gasteiger partial charge in [0.1, 0.15) is 6.07 Å². The third-order valence-electron chi connectivity index (χ3n) is 5.16. The summed E-state index contributed by atoms with van der Waals surface area (Å²) in [5.74, 6) is -0.758. The Balaban J connectivity index is 2.41. The molecule has 0 saturated heterocycles. The van der Waals surface area contributed by atoms with Crippen molar-refractivity contribution in [3.8, 4) is 6.07 Å². The number of nitrogens with zero attached hydrogens (tertiary/aromatic N) is 3. The average molecular weight is 421 g/mol. The van der Waals surface area contributed by atoms with Crippen LogP contribution in [0, 0.1) is 11.3 Å². The van der Waals surface area contributed by atoms with Gasteiger partial charge in [-0.3, -0.25) is 4.79 Å². The van der Waals surface area contributed by atoms with Gasteiger partial charge in [-0.05, 0) is 53.6 Å². The van der Waals surface area contributed by atoms with E-state index in [1.165, 1.54) is 0 Å². The molecular weight excluding hydrogens is 388 g/mol. The molecule has 2 aromatic rings. The Bertz CT molecular complexity index is 1070. The van der Waals surface area contributed by atoms with Crippen LogP contribution in [0.5, 0.6) is 0 Å². The largest absolute Gasteiger partial charge is 0.481 e. The normalized spacial score (nSPS) is 11.5. The maximum Gasteiger partial charge on any atom is 0.303 e. The minimum Gasteiger partial charge on any atom is -0.481 e. The number of carboxylic acids is 1. The number of nitriles is 1. The zero-order valence-electron chi connectivity index (χ0n) is 18.9. The van der Waals surface area contributed by atoms with E-state index in [1.807, 2.05) is 74.4 Å². The molecule has 0 fully saturated rings. The summed E-state index contributed by atoms with van der Waals surface area (Å²) < 4.78 is 0. The standard InChI is InChI=1S/C25H32N4O2/c1-18-15-19(28(2)3)10-12-21(18)23(17-26)22-13-11-20(29(4)5)16-24(22)27-14-8-6-7-9-25(30)31/h10-13,15-16,27H,1,6-9,14H2,2-5H3,(H,30,31)/b23-21-. The van der Waals surface area contributed by atoms with Crippen molar-refractivity contribution in [2.45, 2.75) is 25.7 Å². The summed E-state index contributed by atoms with van der Waals surface area (Å²) >= 11 is 0. The summed E-state index contributed by atoms with van der Waals surface area (Å²) in [5, 5.41) is 23.9. The first-order chi connectivity index (χ1) is 14.7. The number of unbranched alkanes of at least 4 members (excludes halogenated alkanes) is 2. The Morgan fingerprint density at radius 1 is 1.03 bits per heavy atom. The molecule has 2 rings (SSSR count). The number of anilines is 3. The van der Waals surface area contributed by atoms with Crippen molar-refractivity contribution in [1.29, 1.82) is 5.26 Å². The third-order valence-corrected chi connectivity index (χ3v) is 5.16. The lowest BCUT2D eigenvalue weighted by Gasteiger charge is -2.18. The molecule has 0 spiro atoms. The molecule has 2 N–H and O–H groups in total. The second-order valence-electron chi connectivity index (χ2n) is 7.98. The zero-order valence-corrected chi connectivity index (χ0v) is 18.9. The molecule has 0 saturated carbocycles. The van der Waals surface area contributed by atoms with E-state index in [9.17, 15) is 10.1 Å².